The summed E-state index contributed by atoms with van der Waals surface area (Å²) in [6, 6.07) is 4.31. The van der Waals surface area contributed by atoms with Gasteiger partial charge >= 0.3 is 12.1 Å². The number of methoxy groups -OCH3 is 1. The van der Waals surface area contributed by atoms with Crippen molar-refractivity contribution in [2.45, 2.75) is 103 Å². The Hall–Kier alpha value is -3.78. The van der Waals surface area contributed by atoms with Crippen LogP contribution in [-0.2, 0) is 41.6 Å². The van der Waals surface area contributed by atoms with E-state index < -0.39 is 71.9 Å². The number of carbonyl (C=O) groups excluding carboxylic acids is 4. The number of benzene rings is 1. The van der Waals surface area contributed by atoms with E-state index in [9.17, 15) is 34.5 Å². The summed E-state index contributed by atoms with van der Waals surface area (Å²) in [7, 11) is 4.41. The molecule has 0 saturated carbocycles. The van der Waals surface area contributed by atoms with Crippen LogP contribution < -0.4 is 10.2 Å². The molecule has 1 aromatic carbocycles. The maximum Gasteiger partial charge on any atom is 0.409 e. The van der Waals surface area contributed by atoms with E-state index in [4.69, 9.17) is 14.2 Å². The standard InChI is InChI=1S/C35H51N3O10/c1-20-11-10-12-29(46-9)35(45)18-28(47-33(43)36-35)21(2)22(3)34(6,44)30(48-32(42)23(4)37(7)24(5)40)17-31(41)38(8)27-15-25(13-20)14-26(16-27)19-39/h10-12,14-16,21-23,28-30,39,44-45H,13,17-19H2,1-9H3,(H,36,43)/b12-10+,20-11+/t21-,22?,23?,28?,29+,30-,34?,35-/m0/s1. The van der Waals surface area contributed by atoms with Crippen molar-refractivity contribution in [2.75, 3.05) is 26.1 Å². The summed E-state index contributed by atoms with van der Waals surface area (Å²) in [4.78, 5) is 54.6. The Kier molecular flexibility index (Phi) is 12.6. The zero-order chi connectivity index (χ0) is 36.1. The van der Waals surface area contributed by atoms with Crippen LogP contribution in [0.5, 0.6) is 0 Å². The zero-order valence-electron chi connectivity index (χ0n) is 29.4. The number of hydrogen-bond acceptors (Lipinski definition) is 10. The molecule has 2 heterocycles. The first kappa shape index (κ1) is 38.7. The van der Waals surface area contributed by atoms with Crippen LogP contribution in [0, 0.1) is 11.8 Å². The normalized spacial score (nSPS) is 32.6. The van der Waals surface area contributed by atoms with Crippen molar-refractivity contribution in [3.05, 3.63) is 53.1 Å². The summed E-state index contributed by atoms with van der Waals surface area (Å²) in [5.74, 6) is -3.09. The lowest BCUT2D eigenvalue weighted by atomic mass is 9.73. The number of alkyl carbamates (subject to hydrolysis) is 1. The minimum Gasteiger partial charge on any atom is -0.457 e. The highest BCUT2D eigenvalue weighted by Crippen LogP contribution is 2.38. The fourth-order valence-corrected chi connectivity index (χ4v) is 6.11. The number of likely N-dealkylation sites (N-methyl/N-ethyl adjacent to an activating group) is 1. The second-order valence-electron chi connectivity index (χ2n) is 13.4. The van der Waals surface area contributed by atoms with E-state index in [0.717, 1.165) is 11.1 Å². The fraction of sp³-hybridized carbons (Fsp3) is 0.600. The number of amides is 3. The van der Waals surface area contributed by atoms with Crippen molar-refractivity contribution in [3.63, 3.8) is 0 Å². The van der Waals surface area contributed by atoms with Gasteiger partial charge in [0, 0.05) is 40.2 Å². The molecule has 48 heavy (non-hydrogen) atoms. The van der Waals surface area contributed by atoms with Gasteiger partial charge in [-0.2, -0.15) is 0 Å². The van der Waals surface area contributed by atoms with Crippen molar-refractivity contribution in [1.82, 2.24) is 10.2 Å². The van der Waals surface area contributed by atoms with Crippen molar-refractivity contribution in [1.29, 1.82) is 0 Å². The Morgan fingerprint density at radius 2 is 1.88 bits per heavy atom. The van der Waals surface area contributed by atoms with Gasteiger partial charge in [-0.05, 0) is 62.3 Å². The molecule has 1 saturated heterocycles. The number of carbonyl (C=O) groups is 4. The third kappa shape index (κ3) is 8.81. The average Bonchev–Trinajstić information content (AvgIpc) is 3.03. The van der Waals surface area contributed by atoms with Gasteiger partial charge in [-0.15, -0.1) is 0 Å². The number of hydrogen-bond donors (Lipinski definition) is 4. The van der Waals surface area contributed by atoms with Crippen LogP contribution in [-0.4, -0.2) is 101 Å². The third-order valence-electron chi connectivity index (χ3n) is 9.93. The number of anilines is 1. The van der Waals surface area contributed by atoms with E-state index in [0.29, 0.717) is 17.7 Å². The van der Waals surface area contributed by atoms with Gasteiger partial charge < -0.3 is 39.3 Å². The molecule has 266 valence electrons. The molecule has 0 aliphatic carbocycles. The fourth-order valence-electron chi connectivity index (χ4n) is 6.11. The van der Waals surface area contributed by atoms with E-state index >= 15 is 0 Å². The first-order chi connectivity index (χ1) is 22.3. The van der Waals surface area contributed by atoms with Crippen LogP contribution in [0.2, 0.25) is 0 Å². The molecule has 0 aromatic heterocycles. The number of nitrogens with one attached hydrogen (secondary N) is 1. The van der Waals surface area contributed by atoms with Crippen LogP contribution in [0.25, 0.3) is 0 Å². The molecule has 4 unspecified atom stereocenters. The van der Waals surface area contributed by atoms with Gasteiger partial charge in [-0.3, -0.25) is 14.9 Å². The second-order valence-corrected chi connectivity index (χ2v) is 13.4. The molecule has 0 radical (unpaired) electrons. The maximum absolute atomic E-state index is 13.9. The Morgan fingerprint density at radius 1 is 1.21 bits per heavy atom. The van der Waals surface area contributed by atoms with Gasteiger partial charge in [0.15, 0.2) is 5.72 Å². The topological polar surface area (TPSA) is 175 Å². The summed E-state index contributed by atoms with van der Waals surface area (Å²) in [6.07, 6.45) is 0.957. The van der Waals surface area contributed by atoms with Crippen molar-refractivity contribution in [2.24, 2.45) is 11.8 Å². The van der Waals surface area contributed by atoms with Crippen molar-refractivity contribution >= 4 is 29.6 Å². The zero-order valence-corrected chi connectivity index (χ0v) is 29.4. The van der Waals surface area contributed by atoms with E-state index in [2.05, 4.69) is 5.32 Å². The molecule has 13 nitrogen and oxygen atoms in total. The molecule has 1 fully saturated rings. The quantitative estimate of drug-likeness (QED) is 0.340. The van der Waals surface area contributed by atoms with Crippen LogP contribution in [0.1, 0.15) is 65.5 Å². The number of esters is 1. The minimum atomic E-state index is -1.88. The lowest BCUT2D eigenvalue weighted by molar-refractivity contribution is -0.186. The molecular formula is C35H51N3O10. The average molecular weight is 674 g/mol. The highest BCUT2D eigenvalue weighted by molar-refractivity contribution is 5.93. The van der Waals surface area contributed by atoms with E-state index in [-0.39, 0.29) is 18.9 Å². The summed E-state index contributed by atoms with van der Waals surface area (Å²) in [5.41, 5.74) is -0.928. The summed E-state index contributed by atoms with van der Waals surface area (Å²) in [6.45, 7) is 9.28. The number of allylic oxidation sites excluding steroid dienone is 3. The molecule has 4 N–H and O–H groups in total. The third-order valence-corrected chi connectivity index (χ3v) is 9.93. The Balaban J connectivity index is 2.16. The van der Waals surface area contributed by atoms with Gasteiger partial charge in [-0.25, -0.2) is 9.59 Å². The first-order valence-electron chi connectivity index (χ1n) is 16.1. The molecule has 3 rings (SSSR count). The molecular weight excluding hydrogens is 622 g/mol. The smallest absolute Gasteiger partial charge is 0.409 e. The van der Waals surface area contributed by atoms with E-state index in [1.807, 2.05) is 25.1 Å². The molecule has 2 aliphatic rings. The maximum atomic E-state index is 13.9. The number of ether oxygens (including phenoxy) is 3. The van der Waals surface area contributed by atoms with Crippen LogP contribution in [0.3, 0.4) is 0 Å². The molecule has 0 spiro atoms. The predicted molar refractivity (Wildman–Crippen MR) is 177 cm³/mol. The van der Waals surface area contributed by atoms with Crippen LogP contribution >= 0.6 is 0 Å². The monoisotopic (exact) mass is 673 g/mol. The molecule has 13 heteroatoms. The second kappa shape index (κ2) is 15.6. The number of fused-ring (bicyclic) bond motifs is 4. The van der Waals surface area contributed by atoms with E-state index in [1.165, 1.54) is 44.7 Å². The van der Waals surface area contributed by atoms with Gasteiger partial charge in [-0.1, -0.05) is 43.7 Å². The van der Waals surface area contributed by atoms with Gasteiger partial charge in [0.25, 0.3) is 0 Å². The molecule has 4 bridgehead atoms. The van der Waals surface area contributed by atoms with Crippen molar-refractivity contribution < 1.29 is 48.7 Å². The Morgan fingerprint density at radius 3 is 2.48 bits per heavy atom. The lowest BCUT2D eigenvalue weighted by Gasteiger charge is -2.46. The Bertz CT molecular complexity index is 1420. The van der Waals surface area contributed by atoms with Crippen molar-refractivity contribution in [3.8, 4) is 0 Å². The number of rotatable bonds is 5. The highest BCUT2D eigenvalue weighted by atomic mass is 16.6. The number of nitrogens with zero attached hydrogens (tertiary/aromatic N) is 2. The van der Waals surface area contributed by atoms with E-state index in [1.54, 1.807) is 39.1 Å². The first-order valence-corrected chi connectivity index (χ1v) is 16.1. The summed E-state index contributed by atoms with van der Waals surface area (Å²) >= 11 is 0. The lowest BCUT2D eigenvalue weighted by Crippen LogP contribution is -2.64. The summed E-state index contributed by atoms with van der Waals surface area (Å²) < 4.78 is 17.0. The minimum absolute atomic E-state index is 0.103. The largest absolute Gasteiger partial charge is 0.457 e. The van der Waals surface area contributed by atoms with Gasteiger partial charge in [0.1, 0.15) is 30.0 Å². The summed E-state index contributed by atoms with van der Waals surface area (Å²) in [5, 5.41) is 36.3. The molecule has 3 amide bonds. The molecule has 1 aromatic rings. The van der Waals surface area contributed by atoms with Crippen LogP contribution in [0.15, 0.2) is 42.0 Å². The SMILES string of the molecule is CO[C@@H]1/C=C/C=C(\C)Cc2cc(CO)cc(c2)N(C)C(=O)C[C@H](OC(=O)C(C)N(C)C(C)=O)C(C)(O)C(C)[C@H](C)C2C[C@@]1(O)NC(=O)O2. The number of aliphatic hydroxyl groups excluding tert-OH is 1. The van der Waals surface area contributed by atoms with Gasteiger partial charge in [0.2, 0.25) is 11.8 Å². The molecule has 2 aliphatic heterocycles. The number of aliphatic hydroxyl groups is 3. The predicted octanol–water partition coefficient (Wildman–Crippen LogP) is 2.59. The van der Waals surface area contributed by atoms with Crippen LogP contribution in [0.4, 0.5) is 10.5 Å². The molecule has 8 atom stereocenters. The Labute approximate surface area is 282 Å². The highest BCUT2D eigenvalue weighted by Gasteiger charge is 2.51. The van der Waals surface area contributed by atoms with Gasteiger partial charge in [0.05, 0.1) is 13.0 Å².